The summed E-state index contributed by atoms with van der Waals surface area (Å²) in [6.07, 6.45) is 2.31. The molecule has 0 saturated heterocycles. The van der Waals surface area contributed by atoms with E-state index in [4.69, 9.17) is 4.74 Å². The van der Waals surface area contributed by atoms with E-state index in [1.165, 1.54) is 5.56 Å². The summed E-state index contributed by atoms with van der Waals surface area (Å²) in [5, 5.41) is 11.7. The molecule has 3 nitrogen and oxygen atoms in total. The summed E-state index contributed by atoms with van der Waals surface area (Å²) < 4.78 is 6.03. The first-order valence-electron chi connectivity index (χ1n) is 8.23. The lowest BCUT2D eigenvalue weighted by atomic mass is 9.75. The molecule has 1 N–H and O–H groups in total. The SMILES string of the molecule is CC(C)c1ccc2c(c1)C(O)(c1ccccn1)CC(C)(C)CO2. The van der Waals surface area contributed by atoms with Gasteiger partial charge in [0.15, 0.2) is 0 Å². The fraction of sp³-hybridized carbons (Fsp3) is 0.450. The van der Waals surface area contributed by atoms with Crippen molar-refractivity contribution < 1.29 is 9.84 Å². The van der Waals surface area contributed by atoms with Gasteiger partial charge < -0.3 is 9.84 Å². The van der Waals surface area contributed by atoms with Gasteiger partial charge in [-0.2, -0.15) is 0 Å². The van der Waals surface area contributed by atoms with Gasteiger partial charge in [0.25, 0.3) is 0 Å². The molecule has 0 bridgehead atoms. The number of hydrogen-bond donors (Lipinski definition) is 1. The van der Waals surface area contributed by atoms with E-state index in [1.807, 2.05) is 24.3 Å². The predicted octanol–water partition coefficient (Wildman–Crippen LogP) is 4.25. The number of aromatic nitrogens is 1. The highest BCUT2D eigenvalue weighted by atomic mass is 16.5. The van der Waals surface area contributed by atoms with Crippen LogP contribution in [-0.4, -0.2) is 16.7 Å². The molecule has 1 aliphatic heterocycles. The van der Waals surface area contributed by atoms with Gasteiger partial charge in [0.1, 0.15) is 11.4 Å². The van der Waals surface area contributed by atoms with Gasteiger partial charge >= 0.3 is 0 Å². The smallest absolute Gasteiger partial charge is 0.136 e. The van der Waals surface area contributed by atoms with Gasteiger partial charge in [0.2, 0.25) is 0 Å². The van der Waals surface area contributed by atoms with Crippen molar-refractivity contribution >= 4 is 0 Å². The van der Waals surface area contributed by atoms with E-state index in [0.29, 0.717) is 24.6 Å². The van der Waals surface area contributed by atoms with Crippen molar-refractivity contribution in [2.45, 2.75) is 45.6 Å². The van der Waals surface area contributed by atoms with Crippen LogP contribution in [0.2, 0.25) is 0 Å². The topological polar surface area (TPSA) is 42.4 Å². The molecule has 0 saturated carbocycles. The third kappa shape index (κ3) is 2.98. The van der Waals surface area contributed by atoms with Gasteiger partial charge in [-0.05, 0) is 42.2 Å². The van der Waals surface area contributed by atoms with Crippen LogP contribution in [0.3, 0.4) is 0 Å². The minimum atomic E-state index is -1.14. The Hall–Kier alpha value is -1.87. The zero-order valence-electron chi connectivity index (χ0n) is 14.3. The molecule has 1 aromatic carbocycles. The van der Waals surface area contributed by atoms with Gasteiger partial charge in [-0.15, -0.1) is 0 Å². The van der Waals surface area contributed by atoms with E-state index in [-0.39, 0.29) is 5.41 Å². The first kappa shape index (κ1) is 16.0. The van der Waals surface area contributed by atoms with Crippen LogP contribution in [0.15, 0.2) is 42.6 Å². The maximum Gasteiger partial charge on any atom is 0.136 e. The van der Waals surface area contributed by atoms with Crippen LogP contribution < -0.4 is 4.74 Å². The molecule has 3 heteroatoms. The molecule has 0 fully saturated rings. The zero-order valence-corrected chi connectivity index (χ0v) is 14.3. The van der Waals surface area contributed by atoms with Gasteiger partial charge in [-0.1, -0.05) is 39.8 Å². The summed E-state index contributed by atoms with van der Waals surface area (Å²) in [6.45, 7) is 9.13. The van der Waals surface area contributed by atoms with Crippen LogP contribution in [0.1, 0.15) is 56.9 Å². The molecule has 1 atom stereocenters. The quantitative estimate of drug-likeness (QED) is 0.901. The monoisotopic (exact) mass is 311 g/mol. The molecule has 2 heterocycles. The number of benzene rings is 1. The molecule has 3 rings (SSSR count). The summed E-state index contributed by atoms with van der Waals surface area (Å²) >= 11 is 0. The van der Waals surface area contributed by atoms with Crippen molar-refractivity contribution in [2.75, 3.05) is 6.61 Å². The van der Waals surface area contributed by atoms with Crippen molar-refractivity contribution in [3.05, 3.63) is 59.4 Å². The van der Waals surface area contributed by atoms with Gasteiger partial charge in [-0.25, -0.2) is 0 Å². The lowest BCUT2D eigenvalue weighted by molar-refractivity contribution is 0.0265. The summed E-state index contributed by atoms with van der Waals surface area (Å²) in [5.74, 6) is 1.15. The minimum Gasteiger partial charge on any atom is -0.493 e. The summed E-state index contributed by atoms with van der Waals surface area (Å²) in [4.78, 5) is 4.45. The fourth-order valence-corrected chi connectivity index (χ4v) is 3.30. The molecule has 0 aliphatic carbocycles. The van der Waals surface area contributed by atoms with Crippen molar-refractivity contribution in [3.63, 3.8) is 0 Å². The van der Waals surface area contributed by atoms with E-state index >= 15 is 0 Å². The molecule has 0 radical (unpaired) electrons. The van der Waals surface area contributed by atoms with E-state index < -0.39 is 5.60 Å². The largest absolute Gasteiger partial charge is 0.493 e. The Bertz CT molecular complexity index is 694. The molecule has 122 valence electrons. The Kier molecular flexibility index (Phi) is 3.93. The Morgan fingerprint density at radius 3 is 2.61 bits per heavy atom. The molecule has 0 spiro atoms. The van der Waals surface area contributed by atoms with Gasteiger partial charge in [0, 0.05) is 17.2 Å². The van der Waals surface area contributed by atoms with Crippen molar-refractivity contribution in [1.29, 1.82) is 0 Å². The predicted molar refractivity (Wildman–Crippen MR) is 91.7 cm³/mol. The van der Waals surface area contributed by atoms with Crippen LogP contribution in [0.25, 0.3) is 0 Å². The van der Waals surface area contributed by atoms with Crippen LogP contribution in [-0.2, 0) is 5.60 Å². The number of fused-ring (bicyclic) bond motifs is 1. The third-order valence-electron chi connectivity index (χ3n) is 4.56. The lowest BCUT2D eigenvalue weighted by Gasteiger charge is -2.33. The first-order chi connectivity index (χ1) is 10.8. The lowest BCUT2D eigenvalue weighted by Crippen LogP contribution is -2.34. The molecular formula is C20H25NO2. The molecule has 23 heavy (non-hydrogen) atoms. The maximum atomic E-state index is 11.7. The standard InChI is InChI=1S/C20H25NO2/c1-14(2)15-8-9-17-16(11-15)20(22,12-19(3,4)13-23-17)18-7-5-6-10-21-18/h5-11,14,22H,12-13H2,1-4H3. The van der Waals surface area contributed by atoms with Crippen LogP contribution in [0.5, 0.6) is 5.75 Å². The van der Waals surface area contributed by atoms with Gasteiger partial charge in [0.05, 0.1) is 12.3 Å². The second-order valence-electron chi connectivity index (χ2n) is 7.62. The maximum absolute atomic E-state index is 11.7. The Labute approximate surface area is 138 Å². The minimum absolute atomic E-state index is 0.150. The molecule has 1 aliphatic rings. The molecule has 1 aromatic heterocycles. The number of rotatable bonds is 2. The van der Waals surface area contributed by atoms with E-state index in [9.17, 15) is 5.11 Å². The van der Waals surface area contributed by atoms with E-state index in [2.05, 4.69) is 44.8 Å². The number of pyridine rings is 1. The van der Waals surface area contributed by atoms with E-state index in [1.54, 1.807) is 6.20 Å². The molecule has 0 amide bonds. The zero-order chi connectivity index (χ0) is 16.7. The van der Waals surface area contributed by atoms with Gasteiger partial charge in [-0.3, -0.25) is 4.98 Å². The van der Waals surface area contributed by atoms with Crippen molar-refractivity contribution in [2.24, 2.45) is 5.41 Å². The second-order valence-corrected chi connectivity index (χ2v) is 7.62. The molecule has 2 aromatic rings. The highest BCUT2D eigenvalue weighted by Crippen LogP contribution is 2.46. The highest BCUT2D eigenvalue weighted by Gasteiger charge is 2.43. The summed E-state index contributed by atoms with van der Waals surface area (Å²) in [5.41, 5.74) is 1.42. The number of aliphatic hydroxyl groups is 1. The average molecular weight is 311 g/mol. The van der Waals surface area contributed by atoms with Crippen molar-refractivity contribution in [3.8, 4) is 5.75 Å². The Balaban J connectivity index is 2.22. The third-order valence-corrected chi connectivity index (χ3v) is 4.56. The van der Waals surface area contributed by atoms with Crippen LogP contribution in [0.4, 0.5) is 0 Å². The Morgan fingerprint density at radius 1 is 1.17 bits per heavy atom. The number of ether oxygens (including phenoxy) is 1. The second kappa shape index (κ2) is 5.64. The molecular weight excluding hydrogens is 286 g/mol. The van der Waals surface area contributed by atoms with Crippen molar-refractivity contribution in [1.82, 2.24) is 4.98 Å². The van der Waals surface area contributed by atoms with Crippen LogP contribution in [0, 0.1) is 5.41 Å². The average Bonchev–Trinajstić information content (AvgIpc) is 2.63. The number of hydrogen-bond acceptors (Lipinski definition) is 3. The Morgan fingerprint density at radius 2 is 1.96 bits per heavy atom. The summed E-state index contributed by atoms with van der Waals surface area (Å²) in [6, 6.07) is 11.8. The fourth-order valence-electron chi connectivity index (χ4n) is 3.30. The number of nitrogens with zero attached hydrogens (tertiary/aromatic N) is 1. The van der Waals surface area contributed by atoms with Crippen LogP contribution >= 0.6 is 0 Å². The highest BCUT2D eigenvalue weighted by molar-refractivity contribution is 5.47. The normalized spacial score (nSPS) is 23.0. The van der Waals surface area contributed by atoms with E-state index in [0.717, 1.165) is 11.3 Å². The molecule has 1 unspecified atom stereocenters. The summed E-state index contributed by atoms with van der Waals surface area (Å²) in [7, 11) is 0. The first-order valence-corrected chi connectivity index (χ1v) is 8.23.